The second-order valence-electron chi connectivity index (χ2n) is 4.70. The van der Waals surface area contributed by atoms with E-state index in [0.29, 0.717) is 18.8 Å². The zero-order chi connectivity index (χ0) is 15.2. The van der Waals surface area contributed by atoms with Gasteiger partial charge in [0.2, 0.25) is 5.91 Å². The lowest BCUT2D eigenvalue weighted by Gasteiger charge is -2.19. The van der Waals surface area contributed by atoms with E-state index in [1.165, 1.54) is 6.08 Å². The van der Waals surface area contributed by atoms with Gasteiger partial charge in [-0.05, 0) is 41.8 Å². The Morgan fingerprint density at radius 1 is 1.09 bits per heavy atom. The lowest BCUT2D eigenvalue weighted by atomic mass is 10.3. The maximum Gasteiger partial charge on any atom is 0.247 e. The lowest BCUT2D eigenvalue weighted by Crippen LogP contribution is -2.27. The maximum atomic E-state index is 12.5. The lowest BCUT2D eigenvalue weighted by molar-refractivity contribution is -0.127. The molecule has 0 atom stereocenters. The van der Waals surface area contributed by atoms with E-state index >= 15 is 0 Å². The predicted octanol–water partition coefficient (Wildman–Crippen LogP) is 4.18. The molecular weight excluding hydrogens is 298 g/mol. The molecule has 0 radical (unpaired) electrons. The Balaban J connectivity index is 1.73. The molecule has 22 heavy (non-hydrogen) atoms. The molecule has 3 heterocycles. The van der Waals surface area contributed by atoms with Gasteiger partial charge in [0.25, 0.3) is 0 Å². The fraction of sp³-hybridized carbons (Fsp3) is 0.118. The fourth-order valence-electron chi connectivity index (χ4n) is 2.04. The number of hydrogen-bond acceptors (Lipinski definition) is 4. The molecule has 0 aliphatic carbocycles. The molecule has 0 spiro atoms. The van der Waals surface area contributed by atoms with Crippen molar-refractivity contribution >= 4 is 23.3 Å². The van der Waals surface area contributed by atoms with Crippen molar-refractivity contribution in [2.45, 2.75) is 13.1 Å². The van der Waals surface area contributed by atoms with Crippen molar-refractivity contribution < 1.29 is 13.6 Å². The molecule has 0 saturated heterocycles. The van der Waals surface area contributed by atoms with Crippen molar-refractivity contribution in [2.24, 2.45) is 0 Å². The first-order valence-corrected chi connectivity index (χ1v) is 7.74. The number of carbonyl (C=O) groups is 1. The summed E-state index contributed by atoms with van der Waals surface area (Å²) in [5, 5.41) is 2.00. The molecule has 4 nitrogen and oxygen atoms in total. The third kappa shape index (κ3) is 3.77. The Hall–Kier alpha value is -2.53. The number of amides is 1. The minimum Gasteiger partial charge on any atom is -0.467 e. The van der Waals surface area contributed by atoms with Crippen LogP contribution in [0.4, 0.5) is 0 Å². The summed E-state index contributed by atoms with van der Waals surface area (Å²) >= 11 is 1.63. The van der Waals surface area contributed by atoms with E-state index in [-0.39, 0.29) is 5.91 Å². The first-order valence-electron chi connectivity index (χ1n) is 6.86. The zero-order valence-corrected chi connectivity index (χ0v) is 12.7. The van der Waals surface area contributed by atoms with Crippen LogP contribution in [-0.4, -0.2) is 10.8 Å². The largest absolute Gasteiger partial charge is 0.467 e. The average Bonchev–Trinajstić information content (AvgIpc) is 3.27. The smallest absolute Gasteiger partial charge is 0.247 e. The third-order valence-corrected chi connectivity index (χ3v) is 3.96. The zero-order valence-electron chi connectivity index (χ0n) is 11.8. The fourth-order valence-corrected chi connectivity index (χ4v) is 2.76. The first-order chi connectivity index (χ1) is 10.8. The van der Waals surface area contributed by atoms with Crippen molar-refractivity contribution in [1.82, 2.24) is 4.90 Å². The van der Waals surface area contributed by atoms with Gasteiger partial charge in [0, 0.05) is 11.0 Å². The molecule has 3 aromatic heterocycles. The van der Waals surface area contributed by atoms with Crippen LogP contribution in [0.25, 0.3) is 6.08 Å². The molecular formula is C17H15NO3S. The van der Waals surface area contributed by atoms with Crippen LogP contribution in [0.15, 0.2) is 69.2 Å². The second-order valence-corrected chi connectivity index (χ2v) is 5.73. The van der Waals surface area contributed by atoms with Crippen molar-refractivity contribution in [1.29, 1.82) is 0 Å². The van der Waals surface area contributed by atoms with Crippen LogP contribution in [0, 0.1) is 0 Å². The van der Waals surface area contributed by atoms with Crippen LogP contribution >= 0.6 is 11.3 Å². The van der Waals surface area contributed by atoms with Crippen LogP contribution in [0.1, 0.15) is 16.4 Å². The monoisotopic (exact) mass is 313 g/mol. The standard InChI is InChI=1S/C17H15NO3S/c19-17(8-7-14-4-1-9-20-14)18(12-15-5-2-10-21-15)13-16-6-3-11-22-16/h1-11H,12-13H2. The number of hydrogen-bond donors (Lipinski definition) is 0. The number of carbonyl (C=O) groups excluding carboxylic acids is 1. The Bertz CT molecular complexity index is 676. The summed E-state index contributed by atoms with van der Waals surface area (Å²) in [7, 11) is 0. The highest BCUT2D eigenvalue weighted by molar-refractivity contribution is 7.09. The SMILES string of the molecule is O=C(C=Cc1ccco1)N(Cc1ccco1)Cc1cccs1. The van der Waals surface area contributed by atoms with Gasteiger partial charge in [0.15, 0.2) is 0 Å². The van der Waals surface area contributed by atoms with Gasteiger partial charge in [0.05, 0.1) is 25.6 Å². The maximum absolute atomic E-state index is 12.5. The van der Waals surface area contributed by atoms with E-state index in [9.17, 15) is 4.79 Å². The van der Waals surface area contributed by atoms with Crippen molar-refractivity contribution in [2.75, 3.05) is 0 Å². The van der Waals surface area contributed by atoms with Crippen LogP contribution in [0.3, 0.4) is 0 Å². The summed E-state index contributed by atoms with van der Waals surface area (Å²) < 4.78 is 10.6. The summed E-state index contributed by atoms with van der Waals surface area (Å²) in [5.74, 6) is 1.33. The molecule has 0 aliphatic rings. The van der Waals surface area contributed by atoms with Crippen LogP contribution in [-0.2, 0) is 17.9 Å². The van der Waals surface area contributed by atoms with Crippen LogP contribution in [0.2, 0.25) is 0 Å². The Morgan fingerprint density at radius 3 is 2.64 bits per heavy atom. The summed E-state index contributed by atoms with van der Waals surface area (Å²) in [5.41, 5.74) is 0. The molecule has 0 N–H and O–H groups in total. The summed E-state index contributed by atoms with van der Waals surface area (Å²) in [6, 6.07) is 11.3. The van der Waals surface area contributed by atoms with E-state index in [0.717, 1.165) is 10.6 Å². The van der Waals surface area contributed by atoms with Crippen LogP contribution < -0.4 is 0 Å². The summed E-state index contributed by atoms with van der Waals surface area (Å²) in [4.78, 5) is 15.3. The molecule has 5 heteroatoms. The molecule has 3 aromatic rings. The Morgan fingerprint density at radius 2 is 1.95 bits per heavy atom. The molecule has 112 valence electrons. The Kier molecular flexibility index (Phi) is 4.56. The van der Waals surface area contributed by atoms with E-state index in [2.05, 4.69) is 0 Å². The topological polar surface area (TPSA) is 46.6 Å². The van der Waals surface area contributed by atoms with Gasteiger partial charge in [0.1, 0.15) is 11.5 Å². The van der Waals surface area contributed by atoms with E-state index in [1.54, 1.807) is 47.0 Å². The molecule has 3 rings (SSSR count). The molecule has 0 unspecified atom stereocenters. The van der Waals surface area contributed by atoms with E-state index < -0.39 is 0 Å². The van der Waals surface area contributed by atoms with Crippen LogP contribution in [0.5, 0.6) is 0 Å². The number of furan rings is 2. The number of nitrogens with zero attached hydrogens (tertiary/aromatic N) is 1. The summed E-state index contributed by atoms with van der Waals surface area (Å²) in [6.45, 7) is 0.992. The summed E-state index contributed by atoms with van der Waals surface area (Å²) in [6.07, 6.45) is 6.39. The average molecular weight is 313 g/mol. The minimum absolute atomic E-state index is 0.0822. The van der Waals surface area contributed by atoms with E-state index in [4.69, 9.17) is 8.83 Å². The van der Waals surface area contributed by atoms with E-state index in [1.807, 2.05) is 29.6 Å². The van der Waals surface area contributed by atoms with Gasteiger partial charge in [-0.25, -0.2) is 0 Å². The number of rotatable bonds is 6. The highest BCUT2D eigenvalue weighted by atomic mass is 32.1. The van der Waals surface area contributed by atoms with Gasteiger partial charge < -0.3 is 13.7 Å². The third-order valence-electron chi connectivity index (χ3n) is 3.10. The van der Waals surface area contributed by atoms with Gasteiger partial charge >= 0.3 is 0 Å². The first kappa shape index (κ1) is 14.4. The van der Waals surface area contributed by atoms with Gasteiger partial charge in [-0.1, -0.05) is 6.07 Å². The minimum atomic E-state index is -0.0822. The second kappa shape index (κ2) is 6.95. The van der Waals surface area contributed by atoms with Crippen molar-refractivity contribution in [3.8, 4) is 0 Å². The molecule has 0 fully saturated rings. The van der Waals surface area contributed by atoms with Gasteiger partial charge in [-0.15, -0.1) is 11.3 Å². The Labute approximate surface area is 132 Å². The van der Waals surface area contributed by atoms with Gasteiger partial charge in [-0.2, -0.15) is 0 Å². The number of thiophene rings is 1. The molecule has 1 amide bonds. The van der Waals surface area contributed by atoms with Crippen molar-refractivity contribution in [3.63, 3.8) is 0 Å². The quantitative estimate of drug-likeness (QED) is 0.641. The molecule has 0 saturated carbocycles. The predicted molar refractivity (Wildman–Crippen MR) is 85.0 cm³/mol. The normalized spacial score (nSPS) is 11.1. The molecule has 0 aromatic carbocycles. The highest BCUT2D eigenvalue weighted by Crippen LogP contribution is 2.15. The molecule has 0 bridgehead atoms. The highest BCUT2D eigenvalue weighted by Gasteiger charge is 2.14. The van der Waals surface area contributed by atoms with Gasteiger partial charge in [-0.3, -0.25) is 4.79 Å². The molecule has 0 aliphatic heterocycles. The van der Waals surface area contributed by atoms with Crippen molar-refractivity contribution in [3.05, 3.63) is 76.8 Å².